The van der Waals surface area contributed by atoms with E-state index in [1.807, 2.05) is 63.2 Å². The van der Waals surface area contributed by atoms with Gasteiger partial charge >= 0.3 is 0 Å². The number of carbonyl (C=O) groups excluding carboxylic acids is 2. The van der Waals surface area contributed by atoms with Crippen molar-refractivity contribution in [3.05, 3.63) is 77.6 Å². The van der Waals surface area contributed by atoms with E-state index in [2.05, 4.69) is 62.5 Å². The molecule has 2 aromatic carbocycles. The van der Waals surface area contributed by atoms with Gasteiger partial charge in [-0.05, 0) is 138 Å². The molecule has 0 radical (unpaired) electrons. The number of aliphatic hydroxyl groups is 1. The fourth-order valence-corrected chi connectivity index (χ4v) is 12.6. The van der Waals surface area contributed by atoms with E-state index < -0.39 is 18.1 Å². The Morgan fingerprint density at radius 3 is 2.29 bits per heavy atom. The van der Waals surface area contributed by atoms with Crippen molar-refractivity contribution in [3.8, 4) is 35.2 Å². The molecule has 2 aromatic heterocycles. The molecule has 4 aromatic rings. The maximum absolute atomic E-state index is 14.2. The van der Waals surface area contributed by atoms with Gasteiger partial charge in [-0.25, -0.2) is 0 Å². The van der Waals surface area contributed by atoms with Crippen molar-refractivity contribution in [2.24, 2.45) is 11.8 Å². The van der Waals surface area contributed by atoms with Crippen molar-refractivity contribution in [2.45, 2.75) is 108 Å². The third-order valence-electron chi connectivity index (χ3n) is 16.8. The van der Waals surface area contributed by atoms with Crippen LogP contribution in [0.15, 0.2) is 65.2 Å². The summed E-state index contributed by atoms with van der Waals surface area (Å²) in [7, 11) is 0. The molecule has 390 valence electrons. The fraction of sp³-hybridized carbons (Fsp3) is 0.589. The fourth-order valence-electron chi connectivity index (χ4n) is 12.6. The second-order valence-electron chi connectivity index (χ2n) is 21.8. The lowest BCUT2D eigenvalue weighted by molar-refractivity contribution is -0.141. The maximum Gasteiger partial charge on any atom is 0.254 e. The number of aromatic nitrogens is 3. The summed E-state index contributed by atoms with van der Waals surface area (Å²) in [6.07, 6.45) is 12.3. The molecule has 0 bridgehead atoms. The van der Waals surface area contributed by atoms with Gasteiger partial charge in [-0.3, -0.25) is 19.4 Å². The summed E-state index contributed by atoms with van der Waals surface area (Å²) < 4.78 is 11.8. The van der Waals surface area contributed by atoms with Gasteiger partial charge in [0.1, 0.15) is 24.3 Å². The van der Waals surface area contributed by atoms with E-state index in [1.165, 1.54) is 63.3 Å². The Hall–Kier alpha value is -5.77. The van der Waals surface area contributed by atoms with Crippen molar-refractivity contribution < 1.29 is 29.1 Å². The summed E-state index contributed by atoms with van der Waals surface area (Å²) in [6, 6.07) is 19.1. The molecule has 4 N–H and O–H groups in total. The minimum Gasteiger partial charge on any atom is -0.507 e. The third-order valence-corrected chi connectivity index (χ3v) is 16.8. The Kier molecular flexibility index (Phi) is 15.8. The van der Waals surface area contributed by atoms with Gasteiger partial charge in [0.2, 0.25) is 11.8 Å². The van der Waals surface area contributed by atoms with Gasteiger partial charge in [0, 0.05) is 81.5 Å². The lowest BCUT2D eigenvalue weighted by Gasteiger charge is -2.47. The first-order chi connectivity index (χ1) is 35.5. The molecule has 5 saturated heterocycles. The Morgan fingerprint density at radius 1 is 0.863 bits per heavy atom. The largest absolute Gasteiger partial charge is 0.507 e. The summed E-state index contributed by atoms with van der Waals surface area (Å²) in [5, 5.41) is 40.8. The molecule has 0 saturated carbocycles. The number of para-hydroxylation sites is 1. The number of terminal acetylenes is 1. The second-order valence-corrected chi connectivity index (χ2v) is 21.8. The number of piperidine rings is 3. The average molecular weight is 998 g/mol. The molecule has 5 fully saturated rings. The Bertz CT molecular complexity index is 2540. The minimum atomic E-state index is -0.813. The molecule has 2 amide bonds. The van der Waals surface area contributed by atoms with Crippen LogP contribution in [0.4, 0.5) is 11.5 Å². The second kappa shape index (κ2) is 22.8. The zero-order valence-corrected chi connectivity index (χ0v) is 42.9. The van der Waals surface area contributed by atoms with Crippen molar-refractivity contribution in [3.63, 3.8) is 0 Å². The molecule has 17 heteroatoms. The number of β-amino-alcohol motifs (C(OH)–C–C–N with tert-alkyl or cyclic N) is 1. The highest BCUT2D eigenvalue weighted by atomic mass is 16.5. The summed E-state index contributed by atoms with van der Waals surface area (Å²) in [5.74, 6) is 3.69. The van der Waals surface area contributed by atoms with E-state index in [1.54, 1.807) is 12.1 Å². The molecule has 6 aliphatic rings. The SMILES string of the molecule is C#Cc1ccc([C@H](C)NC(=O)[C@@H]2C[C@@H](O)CN2C(=O)C(c2cc(OCCN3CCC(N4CCC(N5CCC(CN6CCN7c8cc(-c9ccccc9O)nnc8NC[C@H]7C6)CC5)CC4)CC3)no2)C(C)C)cc1. The number of aromatic hydroxyl groups is 1. The number of carbonyl (C=O) groups is 2. The summed E-state index contributed by atoms with van der Waals surface area (Å²) >= 11 is 0. The molecule has 6 aliphatic heterocycles. The number of nitrogens with zero attached hydrogens (tertiary/aromatic N) is 9. The molecular formula is C56H75N11O6. The number of likely N-dealkylation sites (tertiary alicyclic amines) is 4. The molecule has 0 aliphatic carbocycles. The lowest BCUT2D eigenvalue weighted by Crippen LogP contribution is -2.58. The zero-order valence-electron chi connectivity index (χ0n) is 42.9. The van der Waals surface area contributed by atoms with Crippen molar-refractivity contribution in [1.29, 1.82) is 0 Å². The molecule has 0 spiro atoms. The smallest absolute Gasteiger partial charge is 0.254 e. The van der Waals surface area contributed by atoms with E-state index >= 15 is 0 Å². The van der Waals surface area contributed by atoms with Crippen molar-refractivity contribution in [2.75, 3.05) is 102 Å². The number of piperazine rings is 1. The van der Waals surface area contributed by atoms with Gasteiger partial charge in [-0.15, -0.1) is 16.6 Å². The number of hydrogen-bond acceptors (Lipinski definition) is 15. The van der Waals surface area contributed by atoms with Crippen LogP contribution in [0, 0.1) is 24.2 Å². The van der Waals surface area contributed by atoms with Crippen LogP contribution in [-0.2, 0) is 9.59 Å². The highest BCUT2D eigenvalue weighted by Crippen LogP contribution is 2.37. The topological polar surface area (TPSA) is 179 Å². The van der Waals surface area contributed by atoms with Gasteiger partial charge in [0.05, 0.1) is 29.6 Å². The van der Waals surface area contributed by atoms with Crippen LogP contribution in [0.5, 0.6) is 11.6 Å². The Balaban J connectivity index is 0.617. The Morgan fingerprint density at radius 2 is 1.58 bits per heavy atom. The van der Waals surface area contributed by atoms with Crippen LogP contribution in [0.3, 0.4) is 0 Å². The number of phenolic OH excluding ortho intramolecular Hbond substituents is 1. The van der Waals surface area contributed by atoms with Crippen LogP contribution in [0.2, 0.25) is 0 Å². The number of ether oxygens (including phenoxy) is 1. The maximum atomic E-state index is 14.2. The molecule has 5 atom stereocenters. The normalized spacial score (nSPS) is 23.9. The highest BCUT2D eigenvalue weighted by Gasteiger charge is 2.44. The Labute approximate surface area is 430 Å². The standard InChI is InChI=1S/C56H75N11O6/c1-5-39-10-12-41(13-11-39)38(4)58-55(70)49-30-45(68)36-67(49)56(71)53(37(2)3)51-32-52(61-73-51)72-29-28-62-20-16-42(17-21-62)65-24-18-43(19-25-65)64-22-14-40(15-23-64)34-63-26-27-66-44(35-63)33-57-54-48(66)31-47(59-60-54)46-8-6-7-9-50(46)69/h1,6-13,31-32,37-38,40,42-45,49,53,68-69H,14-30,33-36H2,2-4H3,(H,57,60)(H,58,70)/t38-,44-,45+,49-,53?/m0/s1. The molecule has 10 rings (SSSR count). The molecule has 17 nitrogen and oxygen atoms in total. The summed E-state index contributed by atoms with van der Waals surface area (Å²) in [6.45, 7) is 19.1. The monoisotopic (exact) mass is 998 g/mol. The third kappa shape index (κ3) is 11.6. The number of anilines is 2. The van der Waals surface area contributed by atoms with Gasteiger partial charge in [0.15, 0.2) is 11.6 Å². The zero-order chi connectivity index (χ0) is 50.6. The molecule has 73 heavy (non-hydrogen) atoms. The number of phenols is 1. The van der Waals surface area contributed by atoms with Crippen molar-refractivity contribution in [1.82, 2.24) is 45.2 Å². The number of fused-ring (bicyclic) bond motifs is 3. The van der Waals surface area contributed by atoms with E-state index in [-0.39, 0.29) is 42.5 Å². The van der Waals surface area contributed by atoms with Gasteiger partial charge < -0.3 is 49.7 Å². The van der Waals surface area contributed by atoms with Crippen LogP contribution in [0.25, 0.3) is 11.3 Å². The van der Waals surface area contributed by atoms with E-state index in [9.17, 15) is 19.8 Å². The minimum absolute atomic E-state index is 0.0669. The van der Waals surface area contributed by atoms with Gasteiger partial charge in [-0.1, -0.05) is 44.0 Å². The lowest BCUT2D eigenvalue weighted by atomic mass is 9.91. The average Bonchev–Trinajstić information content (AvgIpc) is 4.05. The predicted molar refractivity (Wildman–Crippen MR) is 280 cm³/mol. The van der Waals surface area contributed by atoms with Crippen LogP contribution in [0.1, 0.15) is 94.6 Å². The summed E-state index contributed by atoms with van der Waals surface area (Å²) in [5.41, 5.74) is 4.14. The summed E-state index contributed by atoms with van der Waals surface area (Å²) in [4.78, 5) is 42.4. The first-order valence-electron chi connectivity index (χ1n) is 27.0. The van der Waals surface area contributed by atoms with Gasteiger partial charge in [-0.2, -0.15) is 0 Å². The number of benzene rings is 2. The highest BCUT2D eigenvalue weighted by molar-refractivity contribution is 5.91. The van der Waals surface area contributed by atoms with E-state index in [0.29, 0.717) is 47.6 Å². The van der Waals surface area contributed by atoms with E-state index in [4.69, 9.17) is 15.7 Å². The number of aliphatic hydroxyl groups excluding tert-OH is 1. The number of rotatable bonds is 15. The van der Waals surface area contributed by atoms with Crippen molar-refractivity contribution >= 4 is 23.3 Å². The molecular weight excluding hydrogens is 923 g/mol. The first kappa shape index (κ1) is 50.7. The van der Waals surface area contributed by atoms with Crippen LogP contribution in [-0.4, -0.2) is 184 Å². The predicted octanol–water partition coefficient (Wildman–Crippen LogP) is 5.03. The number of nitrogens with one attached hydrogen (secondary N) is 2. The number of amides is 2. The first-order valence-corrected chi connectivity index (χ1v) is 27.0. The van der Waals surface area contributed by atoms with E-state index in [0.717, 1.165) is 87.2 Å². The molecule has 1 unspecified atom stereocenters. The number of hydrogen-bond donors (Lipinski definition) is 4. The van der Waals surface area contributed by atoms with Crippen LogP contribution >= 0.6 is 0 Å². The quantitative estimate of drug-likeness (QED) is 0.117. The van der Waals surface area contributed by atoms with Gasteiger partial charge in [0.25, 0.3) is 5.88 Å². The molecule has 8 heterocycles. The van der Waals surface area contributed by atoms with Crippen LogP contribution < -0.4 is 20.3 Å².